The first-order valence-electron chi connectivity index (χ1n) is 6.39. The molecular formula is C13H20N2S. The third kappa shape index (κ3) is 1.81. The second-order valence-electron chi connectivity index (χ2n) is 5.02. The van der Waals surface area contributed by atoms with Crippen molar-refractivity contribution in [2.75, 3.05) is 6.54 Å². The minimum Gasteiger partial charge on any atom is -0.326 e. The molecule has 2 atom stereocenters. The summed E-state index contributed by atoms with van der Waals surface area (Å²) in [7, 11) is 0. The van der Waals surface area contributed by atoms with Crippen molar-refractivity contribution in [3.05, 3.63) is 21.9 Å². The van der Waals surface area contributed by atoms with Crippen molar-refractivity contribution in [2.24, 2.45) is 5.73 Å². The maximum Gasteiger partial charge on any atom is 0.0596 e. The van der Waals surface area contributed by atoms with Gasteiger partial charge < -0.3 is 5.73 Å². The van der Waals surface area contributed by atoms with Crippen molar-refractivity contribution in [3.63, 3.8) is 0 Å². The van der Waals surface area contributed by atoms with E-state index in [4.69, 9.17) is 5.73 Å². The molecule has 1 saturated heterocycles. The highest BCUT2D eigenvalue weighted by Crippen LogP contribution is 2.42. The van der Waals surface area contributed by atoms with E-state index in [-0.39, 0.29) is 0 Å². The number of nitrogens with zero attached hydrogens (tertiary/aromatic N) is 1. The zero-order valence-corrected chi connectivity index (χ0v) is 10.7. The third-order valence-corrected chi connectivity index (χ3v) is 5.12. The summed E-state index contributed by atoms with van der Waals surface area (Å²) in [5, 5.41) is 0. The molecule has 0 aromatic carbocycles. The molecule has 1 saturated carbocycles. The molecule has 2 nitrogen and oxygen atoms in total. The number of likely N-dealkylation sites (tertiary alicyclic amines) is 1. The zero-order valence-electron chi connectivity index (χ0n) is 9.86. The van der Waals surface area contributed by atoms with E-state index < -0.39 is 0 Å². The van der Waals surface area contributed by atoms with Gasteiger partial charge in [0, 0.05) is 28.4 Å². The van der Waals surface area contributed by atoms with Crippen LogP contribution in [-0.2, 0) is 6.42 Å². The normalized spacial score (nSPS) is 31.1. The molecule has 1 aliphatic carbocycles. The number of hydrogen-bond donors (Lipinski definition) is 1. The lowest BCUT2D eigenvalue weighted by atomic mass is 10.1. The lowest BCUT2D eigenvalue weighted by Gasteiger charge is -2.25. The van der Waals surface area contributed by atoms with Crippen LogP contribution in [0.15, 0.2) is 12.1 Å². The first kappa shape index (κ1) is 10.8. The molecule has 0 bridgehead atoms. The van der Waals surface area contributed by atoms with Crippen LogP contribution in [0.3, 0.4) is 0 Å². The Bertz CT molecular complexity index is 370. The van der Waals surface area contributed by atoms with Crippen molar-refractivity contribution < 1.29 is 0 Å². The highest BCUT2D eigenvalue weighted by molar-refractivity contribution is 7.12. The fourth-order valence-electron chi connectivity index (χ4n) is 2.77. The molecule has 16 heavy (non-hydrogen) atoms. The standard InChI is InChI=1S/C13H20N2S/c1-2-10-5-6-12(16-10)13-11(14)7-8-15(13)9-3-4-9/h5-6,9,11,13H,2-4,7-8,14H2,1H3. The van der Waals surface area contributed by atoms with Gasteiger partial charge in [-0.25, -0.2) is 0 Å². The monoisotopic (exact) mass is 236 g/mol. The van der Waals surface area contributed by atoms with E-state index in [1.807, 2.05) is 11.3 Å². The maximum absolute atomic E-state index is 6.28. The van der Waals surface area contributed by atoms with Gasteiger partial charge in [0.1, 0.15) is 0 Å². The molecule has 2 heterocycles. The van der Waals surface area contributed by atoms with E-state index >= 15 is 0 Å². The molecule has 2 fully saturated rings. The predicted molar refractivity (Wildman–Crippen MR) is 68.8 cm³/mol. The minimum atomic E-state index is 0.351. The van der Waals surface area contributed by atoms with Crippen LogP contribution in [-0.4, -0.2) is 23.5 Å². The van der Waals surface area contributed by atoms with E-state index in [1.165, 1.54) is 35.6 Å². The molecule has 0 spiro atoms. The third-order valence-electron chi connectivity index (χ3n) is 3.82. The van der Waals surface area contributed by atoms with E-state index in [0.717, 1.165) is 12.5 Å². The van der Waals surface area contributed by atoms with Crippen molar-refractivity contribution in [1.82, 2.24) is 4.90 Å². The molecule has 1 aliphatic heterocycles. The van der Waals surface area contributed by atoms with Crippen LogP contribution in [0.4, 0.5) is 0 Å². The van der Waals surface area contributed by atoms with Crippen molar-refractivity contribution >= 4 is 11.3 Å². The van der Waals surface area contributed by atoms with Gasteiger partial charge in [-0.15, -0.1) is 11.3 Å². The van der Waals surface area contributed by atoms with Crippen molar-refractivity contribution in [3.8, 4) is 0 Å². The second-order valence-corrected chi connectivity index (χ2v) is 6.22. The topological polar surface area (TPSA) is 29.3 Å². The molecule has 3 rings (SSSR count). The average Bonchev–Trinajstić information content (AvgIpc) is 2.89. The zero-order chi connectivity index (χ0) is 11.1. The average molecular weight is 236 g/mol. The fourth-order valence-corrected chi connectivity index (χ4v) is 3.93. The van der Waals surface area contributed by atoms with Crippen LogP contribution in [0.2, 0.25) is 0 Å². The lowest BCUT2D eigenvalue weighted by molar-refractivity contribution is 0.240. The van der Waals surface area contributed by atoms with Crippen LogP contribution in [0, 0.1) is 0 Å². The molecule has 1 aromatic rings. The summed E-state index contributed by atoms with van der Waals surface area (Å²) in [5.41, 5.74) is 6.28. The molecular weight excluding hydrogens is 216 g/mol. The van der Waals surface area contributed by atoms with Gasteiger partial charge in [0.25, 0.3) is 0 Å². The van der Waals surface area contributed by atoms with Crippen LogP contribution in [0.1, 0.15) is 42.0 Å². The Morgan fingerprint density at radius 1 is 1.38 bits per heavy atom. The Morgan fingerprint density at radius 2 is 2.19 bits per heavy atom. The first-order chi connectivity index (χ1) is 7.79. The Morgan fingerprint density at radius 3 is 2.81 bits per heavy atom. The van der Waals surface area contributed by atoms with Crippen LogP contribution >= 0.6 is 11.3 Å². The smallest absolute Gasteiger partial charge is 0.0596 e. The number of hydrogen-bond acceptors (Lipinski definition) is 3. The van der Waals surface area contributed by atoms with Crippen molar-refractivity contribution in [2.45, 2.75) is 50.7 Å². The largest absolute Gasteiger partial charge is 0.326 e. The Hall–Kier alpha value is -0.380. The summed E-state index contributed by atoms with van der Waals surface area (Å²) < 4.78 is 0. The number of aryl methyl sites for hydroxylation is 1. The molecule has 2 N–H and O–H groups in total. The SMILES string of the molecule is CCc1ccc(C2C(N)CCN2C2CC2)s1. The van der Waals surface area contributed by atoms with Crippen LogP contribution in [0.5, 0.6) is 0 Å². The van der Waals surface area contributed by atoms with Gasteiger partial charge in [-0.2, -0.15) is 0 Å². The van der Waals surface area contributed by atoms with E-state index in [1.54, 1.807) is 0 Å². The highest BCUT2D eigenvalue weighted by Gasteiger charge is 2.41. The highest BCUT2D eigenvalue weighted by atomic mass is 32.1. The summed E-state index contributed by atoms with van der Waals surface area (Å²) in [4.78, 5) is 5.63. The lowest BCUT2D eigenvalue weighted by Crippen LogP contribution is -2.32. The minimum absolute atomic E-state index is 0.351. The van der Waals surface area contributed by atoms with Crippen LogP contribution in [0.25, 0.3) is 0 Å². The Balaban J connectivity index is 1.84. The number of nitrogens with two attached hydrogens (primary N) is 1. The van der Waals surface area contributed by atoms with Crippen LogP contribution < -0.4 is 5.73 Å². The molecule has 0 amide bonds. The van der Waals surface area contributed by atoms with Crippen molar-refractivity contribution in [1.29, 1.82) is 0 Å². The second kappa shape index (κ2) is 4.13. The quantitative estimate of drug-likeness (QED) is 0.874. The summed E-state index contributed by atoms with van der Waals surface area (Å²) in [6.45, 7) is 3.43. The summed E-state index contributed by atoms with van der Waals surface area (Å²) in [6, 6.07) is 6.28. The Labute approximate surface area is 101 Å². The van der Waals surface area contributed by atoms with E-state index in [2.05, 4.69) is 24.0 Å². The molecule has 2 aliphatic rings. The summed E-state index contributed by atoms with van der Waals surface area (Å²) >= 11 is 1.96. The van der Waals surface area contributed by atoms with E-state index in [0.29, 0.717) is 12.1 Å². The maximum atomic E-state index is 6.28. The molecule has 88 valence electrons. The molecule has 3 heteroatoms. The van der Waals surface area contributed by atoms with Gasteiger partial charge >= 0.3 is 0 Å². The van der Waals surface area contributed by atoms with Gasteiger partial charge in [0.2, 0.25) is 0 Å². The fraction of sp³-hybridized carbons (Fsp3) is 0.692. The molecule has 0 radical (unpaired) electrons. The molecule has 1 aromatic heterocycles. The van der Waals surface area contributed by atoms with Gasteiger partial charge in [-0.1, -0.05) is 6.92 Å². The van der Waals surface area contributed by atoms with Gasteiger partial charge in [-0.05, 0) is 37.8 Å². The number of thiophene rings is 1. The van der Waals surface area contributed by atoms with Gasteiger partial charge in [-0.3, -0.25) is 4.90 Å². The Kier molecular flexibility index (Phi) is 2.78. The molecule has 2 unspecified atom stereocenters. The van der Waals surface area contributed by atoms with Gasteiger partial charge in [0.15, 0.2) is 0 Å². The first-order valence-corrected chi connectivity index (χ1v) is 7.21. The predicted octanol–water partition coefficient (Wildman–Crippen LogP) is 2.55. The summed E-state index contributed by atoms with van der Waals surface area (Å²) in [5.74, 6) is 0. The van der Waals surface area contributed by atoms with Gasteiger partial charge in [0.05, 0.1) is 6.04 Å². The van der Waals surface area contributed by atoms with E-state index in [9.17, 15) is 0 Å². The number of rotatable bonds is 3. The summed E-state index contributed by atoms with van der Waals surface area (Å²) in [6.07, 6.45) is 5.08.